The first-order valence-electron chi connectivity index (χ1n) is 7.20. The number of phenolic OH excluding ortho intramolecular Hbond substituents is 1. The van der Waals surface area contributed by atoms with Crippen molar-refractivity contribution in [3.63, 3.8) is 0 Å². The number of rotatable bonds is 6. The topological polar surface area (TPSA) is 134 Å². The van der Waals surface area contributed by atoms with Crippen LogP contribution < -0.4 is 10.7 Å². The van der Waals surface area contributed by atoms with Crippen LogP contribution in [0.25, 0.3) is 0 Å². The number of carbonyl (C=O) groups excluding carboxylic acids is 2. The summed E-state index contributed by atoms with van der Waals surface area (Å²) in [7, 11) is 0. The average molecular weight is 377 g/mol. The van der Waals surface area contributed by atoms with Crippen molar-refractivity contribution in [1.82, 2.24) is 10.7 Å². The van der Waals surface area contributed by atoms with Gasteiger partial charge in [0.15, 0.2) is 0 Å². The Morgan fingerprint density at radius 3 is 2.58 bits per heavy atom. The van der Waals surface area contributed by atoms with Gasteiger partial charge in [-0.25, -0.2) is 5.43 Å². The Hall–Kier alpha value is -3.46. The van der Waals surface area contributed by atoms with E-state index in [1.165, 1.54) is 18.2 Å². The lowest BCUT2D eigenvalue weighted by Gasteiger charge is -2.04. The van der Waals surface area contributed by atoms with Crippen molar-refractivity contribution in [1.29, 1.82) is 0 Å². The molecule has 0 heterocycles. The van der Waals surface area contributed by atoms with Gasteiger partial charge >= 0.3 is 0 Å². The highest BCUT2D eigenvalue weighted by atomic mass is 35.5. The van der Waals surface area contributed by atoms with Gasteiger partial charge in [-0.15, -0.1) is 0 Å². The van der Waals surface area contributed by atoms with Crippen molar-refractivity contribution >= 4 is 35.3 Å². The summed E-state index contributed by atoms with van der Waals surface area (Å²) < 4.78 is 0. The van der Waals surface area contributed by atoms with Gasteiger partial charge in [0.1, 0.15) is 5.75 Å². The van der Waals surface area contributed by atoms with Crippen LogP contribution in [-0.4, -0.2) is 34.6 Å². The van der Waals surface area contributed by atoms with Crippen LogP contribution in [0.1, 0.15) is 15.9 Å². The van der Waals surface area contributed by atoms with Crippen LogP contribution in [0, 0.1) is 10.1 Å². The second kappa shape index (κ2) is 8.58. The maximum atomic E-state index is 11.8. The highest BCUT2D eigenvalue weighted by molar-refractivity contribution is 6.30. The smallest absolute Gasteiger partial charge is 0.278 e. The van der Waals surface area contributed by atoms with Gasteiger partial charge in [-0.05, 0) is 36.4 Å². The third-order valence-corrected chi connectivity index (χ3v) is 3.37. The van der Waals surface area contributed by atoms with Crippen LogP contribution in [0.2, 0.25) is 5.02 Å². The maximum Gasteiger partial charge on any atom is 0.278 e. The molecule has 0 spiro atoms. The number of phenols is 1. The summed E-state index contributed by atoms with van der Waals surface area (Å²) in [5.41, 5.74) is 2.19. The highest BCUT2D eigenvalue weighted by Crippen LogP contribution is 2.21. The minimum absolute atomic E-state index is 0.0144. The van der Waals surface area contributed by atoms with E-state index < -0.39 is 16.7 Å². The zero-order valence-electron chi connectivity index (χ0n) is 13.2. The Morgan fingerprint density at radius 2 is 1.92 bits per heavy atom. The van der Waals surface area contributed by atoms with Crippen molar-refractivity contribution in [3.8, 4) is 5.75 Å². The van der Waals surface area contributed by atoms with Crippen molar-refractivity contribution in [3.05, 3.63) is 68.7 Å². The molecule has 3 N–H and O–H groups in total. The molecule has 2 amide bonds. The Kier molecular flexibility index (Phi) is 6.23. The second-order valence-corrected chi connectivity index (χ2v) is 5.42. The summed E-state index contributed by atoms with van der Waals surface area (Å²) >= 11 is 5.72. The van der Waals surface area contributed by atoms with Gasteiger partial charge in [-0.3, -0.25) is 19.7 Å². The lowest BCUT2D eigenvalue weighted by atomic mass is 10.2. The third kappa shape index (κ3) is 5.28. The molecule has 0 aliphatic heterocycles. The lowest BCUT2D eigenvalue weighted by molar-refractivity contribution is -0.385. The van der Waals surface area contributed by atoms with Gasteiger partial charge in [-0.1, -0.05) is 11.6 Å². The molecule has 0 radical (unpaired) electrons. The van der Waals surface area contributed by atoms with Crippen molar-refractivity contribution < 1.29 is 19.6 Å². The van der Waals surface area contributed by atoms with Crippen LogP contribution in [0.3, 0.4) is 0 Å². The SMILES string of the molecule is O=C(CNC(=O)c1ccc(Cl)cc1)N/N=C/c1cc(O)ccc1[N+](=O)[O-]. The second-order valence-electron chi connectivity index (χ2n) is 4.98. The molecule has 0 atom stereocenters. The van der Waals surface area contributed by atoms with Gasteiger partial charge in [0.2, 0.25) is 0 Å². The third-order valence-electron chi connectivity index (χ3n) is 3.12. The Morgan fingerprint density at radius 1 is 1.23 bits per heavy atom. The molecule has 0 aliphatic rings. The largest absolute Gasteiger partial charge is 0.508 e. The average Bonchev–Trinajstić information content (AvgIpc) is 2.60. The predicted octanol–water partition coefficient (Wildman–Crippen LogP) is 1.83. The van der Waals surface area contributed by atoms with Crippen LogP contribution in [0.15, 0.2) is 47.6 Å². The van der Waals surface area contributed by atoms with Gasteiger partial charge in [0.25, 0.3) is 17.5 Å². The number of amides is 2. The Balaban J connectivity index is 1.90. The van der Waals surface area contributed by atoms with E-state index >= 15 is 0 Å². The summed E-state index contributed by atoms with van der Waals surface area (Å²) in [6, 6.07) is 9.52. The fourth-order valence-corrected chi connectivity index (χ4v) is 2.01. The van der Waals surface area contributed by atoms with Gasteiger partial charge in [0.05, 0.1) is 23.2 Å². The number of hydrogen-bond acceptors (Lipinski definition) is 6. The van der Waals surface area contributed by atoms with E-state index in [-0.39, 0.29) is 23.5 Å². The first-order chi connectivity index (χ1) is 12.4. The molecule has 10 heteroatoms. The minimum atomic E-state index is -0.644. The predicted molar refractivity (Wildman–Crippen MR) is 94.3 cm³/mol. The number of hydrazone groups is 1. The van der Waals surface area contributed by atoms with Gasteiger partial charge in [0, 0.05) is 16.7 Å². The summed E-state index contributed by atoms with van der Waals surface area (Å²) in [4.78, 5) is 33.7. The van der Waals surface area contributed by atoms with Crippen LogP contribution in [0.4, 0.5) is 5.69 Å². The van der Waals surface area contributed by atoms with E-state index in [0.29, 0.717) is 10.6 Å². The fraction of sp³-hybridized carbons (Fsp3) is 0.0625. The monoisotopic (exact) mass is 376 g/mol. The summed E-state index contributed by atoms with van der Waals surface area (Å²) in [5, 5.41) is 26.7. The number of nitrogens with zero attached hydrogens (tertiary/aromatic N) is 2. The number of halogens is 1. The lowest BCUT2D eigenvalue weighted by Crippen LogP contribution is -2.34. The first-order valence-corrected chi connectivity index (χ1v) is 7.57. The van der Waals surface area contributed by atoms with Crippen LogP contribution >= 0.6 is 11.6 Å². The molecule has 0 aliphatic carbocycles. The molecule has 0 unspecified atom stereocenters. The number of nitro benzene ring substituents is 1. The van der Waals surface area contributed by atoms with Crippen LogP contribution in [-0.2, 0) is 4.79 Å². The van der Waals surface area contributed by atoms with E-state index in [1.54, 1.807) is 12.1 Å². The molecule has 0 fully saturated rings. The van der Waals surface area contributed by atoms with Crippen molar-refractivity contribution in [2.45, 2.75) is 0 Å². The zero-order valence-corrected chi connectivity index (χ0v) is 13.9. The standard InChI is InChI=1S/C16H13ClN4O5/c17-12-3-1-10(2-4-12)16(24)18-9-15(23)20-19-8-11-7-13(22)5-6-14(11)21(25)26/h1-8,22H,9H2,(H,18,24)(H,20,23)/b19-8+. The summed E-state index contributed by atoms with van der Waals surface area (Å²) in [6.45, 7) is -0.346. The number of carbonyl (C=O) groups is 2. The van der Waals surface area contributed by atoms with Crippen LogP contribution in [0.5, 0.6) is 5.75 Å². The molecule has 26 heavy (non-hydrogen) atoms. The van der Waals surface area contributed by atoms with E-state index in [0.717, 1.165) is 18.3 Å². The van der Waals surface area contributed by atoms with E-state index in [1.807, 2.05) is 0 Å². The van der Waals surface area contributed by atoms with E-state index in [4.69, 9.17) is 11.6 Å². The number of nitrogens with one attached hydrogen (secondary N) is 2. The number of benzene rings is 2. The Labute approximate surface area is 152 Å². The van der Waals surface area contributed by atoms with Crippen molar-refractivity contribution in [2.24, 2.45) is 5.10 Å². The summed E-state index contributed by atoms with van der Waals surface area (Å²) in [6.07, 6.45) is 1.02. The molecule has 134 valence electrons. The van der Waals surface area contributed by atoms with E-state index in [2.05, 4.69) is 15.8 Å². The zero-order chi connectivity index (χ0) is 19.1. The van der Waals surface area contributed by atoms with Gasteiger partial charge in [-0.2, -0.15) is 5.10 Å². The first kappa shape index (κ1) is 18.9. The molecule has 2 aromatic rings. The normalized spacial score (nSPS) is 10.5. The number of hydrogen-bond donors (Lipinski definition) is 3. The van der Waals surface area contributed by atoms with Crippen molar-refractivity contribution in [2.75, 3.05) is 6.54 Å². The number of nitro groups is 1. The molecule has 0 bridgehead atoms. The molecular weight excluding hydrogens is 364 g/mol. The quantitative estimate of drug-likeness (QED) is 0.401. The maximum absolute atomic E-state index is 11.8. The summed E-state index contributed by atoms with van der Waals surface area (Å²) in [5.74, 6) is -1.28. The minimum Gasteiger partial charge on any atom is -0.508 e. The fourth-order valence-electron chi connectivity index (χ4n) is 1.89. The molecule has 2 aromatic carbocycles. The molecular formula is C16H13ClN4O5. The Bertz CT molecular complexity index is 867. The highest BCUT2D eigenvalue weighted by Gasteiger charge is 2.12. The molecule has 9 nitrogen and oxygen atoms in total. The molecule has 0 aromatic heterocycles. The molecule has 2 rings (SSSR count). The number of aromatic hydroxyl groups is 1. The van der Waals surface area contributed by atoms with Gasteiger partial charge < -0.3 is 10.4 Å². The molecule has 0 saturated heterocycles. The van der Waals surface area contributed by atoms with E-state index in [9.17, 15) is 24.8 Å². The molecule has 0 saturated carbocycles.